The smallest absolute Gasteiger partial charge is 0.308 e. The van der Waals surface area contributed by atoms with Gasteiger partial charge in [0.15, 0.2) is 0 Å². The highest BCUT2D eigenvalue weighted by Gasteiger charge is 2.36. The Bertz CT molecular complexity index is 330. The minimum atomic E-state index is -0.624. The first-order chi connectivity index (χ1) is 10.1. The summed E-state index contributed by atoms with van der Waals surface area (Å²) in [6, 6.07) is 0.178. The van der Waals surface area contributed by atoms with Gasteiger partial charge in [0.1, 0.15) is 0 Å². The van der Waals surface area contributed by atoms with Crippen molar-refractivity contribution in [3.8, 4) is 0 Å². The second kappa shape index (κ2) is 8.14. The molecule has 4 nitrogen and oxygen atoms in total. The van der Waals surface area contributed by atoms with Crippen molar-refractivity contribution in [2.24, 2.45) is 17.8 Å². The summed E-state index contributed by atoms with van der Waals surface area (Å²) >= 11 is 0. The SMILES string of the molecule is CCCC1CCC(C(=O)O)C(N(C)CCOCC2CC2)C1. The number of ether oxygens (including phenoxy) is 1. The molecule has 0 aliphatic heterocycles. The van der Waals surface area contributed by atoms with Crippen LogP contribution < -0.4 is 0 Å². The van der Waals surface area contributed by atoms with Gasteiger partial charge in [-0.05, 0) is 51.0 Å². The molecule has 3 unspecified atom stereocenters. The van der Waals surface area contributed by atoms with E-state index in [-0.39, 0.29) is 12.0 Å². The minimum Gasteiger partial charge on any atom is -0.481 e. The molecule has 2 saturated carbocycles. The zero-order valence-corrected chi connectivity index (χ0v) is 13.6. The van der Waals surface area contributed by atoms with E-state index in [1.807, 2.05) is 0 Å². The molecule has 2 aliphatic rings. The monoisotopic (exact) mass is 297 g/mol. The lowest BCUT2D eigenvalue weighted by Crippen LogP contribution is -2.46. The number of carboxylic acid groups (broad SMARTS) is 1. The van der Waals surface area contributed by atoms with E-state index < -0.39 is 5.97 Å². The predicted molar refractivity (Wildman–Crippen MR) is 83.3 cm³/mol. The van der Waals surface area contributed by atoms with Gasteiger partial charge in [-0.1, -0.05) is 19.8 Å². The Morgan fingerprint density at radius 3 is 2.57 bits per heavy atom. The molecule has 0 saturated heterocycles. The average Bonchev–Trinajstić information content (AvgIpc) is 3.27. The first kappa shape index (κ1) is 16.8. The van der Waals surface area contributed by atoms with Gasteiger partial charge in [-0.3, -0.25) is 4.79 Å². The Kier molecular flexibility index (Phi) is 6.49. The van der Waals surface area contributed by atoms with Gasteiger partial charge in [0.05, 0.1) is 12.5 Å². The fourth-order valence-corrected chi connectivity index (χ4v) is 3.59. The zero-order chi connectivity index (χ0) is 15.2. The van der Waals surface area contributed by atoms with Gasteiger partial charge < -0.3 is 14.7 Å². The Morgan fingerprint density at radius 2 is 1.95 bits per heavy atom. The van der Waals surface area contributed by atoms with Crippen LogP contribution in [-0.2, 0) is 9.53 Å². The Hall–Kier alpha value is -0.610. The Labute approximate surface area is 128 Å². The first-order valence-electron chi connectivity index (χ1n) is 8.62. The van der Waals surface area contributed by atoms with Gasteiger partial charge in [0.25, 0.3) is 0 Å². The van der Waals surface area contributed by atoms with Crippen LogP contribution in [0.1, 0.15) is 51.9 Å². The summed E-state index contributed by atoms with van der Waals surface area (Å²) in [4.78, 5) is 13.7. The molecule has 2 rings (SSSR count). The lowest BCUT2D eigenvalue weighted by molar-refractivity contribution is -0.146. The average molecular weight is 297 g/mol. The number of hydrogen-bond donors (Lipinski definition) is 1. The third-order valence-corrected chi connectivity index (χ3v) is 5.14. The number of likely N-dealkylation sites (N-methyl/N-ethyl adjacent to an activating group) is 1. The molecule has 0 aromatic rings. The van der Waals surface area contributed by atoms with Crippen LogP contribution in [-0.4, -0.2) is 48.8 Å². The third-order valence-electron chi connectivity index (χ3n) is 5.14. The zero-order valence-electron chi connectivity index (χ0n) is 13.6. The van der Waals surface area contributed by atoms with E-state index in [2.05, 4.69) is 18.9 Å². The van der Waals surface area contributed by atoms with Crippen molar-refractivity contribution in [2.75, 3.05) is 26.8 Å². The number of hydrogen-bond acceptors (Lipinski definition) is 3. The molecular weight excluding hydrogens is 266 g/mol. The van der Waals surface area contributed by atoms with E-state index in [4.69, 9.17) is 4.74 Å². The molecule has 4 heteroatoms. The Balaban J connectivity index is 1.79. The van der Waals surface area contributed by atoms with Crippen LogP contribution in [0.2, 0.25) is 0 Å². The van der Waals surface area contributed by atoms with Crippen molar-refractivity contribution in [2.45, 2.75) is 57.9 Å². The van der Waals surface area contributed by atoms with Gasteiger partial charge in [-0.2, -0.15) is 0 Å². The highest BCUT2D eigenvalue weighted by atomic mass is 16.5. The van der Waals surface area contributed by atoms with Crippen LogP contribution in [0.25, 0.3) is 0 Å². The fraction of sp³-hybridized carbons (Fsp3) is 0.941. The summed E-state index contributed by atoms with van der Waals surface area (Å²) < 4.78 is 5.70. The summed E-state index contributed by atoms with van der Waals surface area (Å²) in [5, 5.41) is 9.47. The number of carbonyl (C=O) groups is 1. The van der Waals surface area contributed by atoms with Gasteiger partial charge in [-0.25, -0.2) is 0 Å². The van der Waals surface area contributed by atoms with Crippen molar-refractivity contribution in [3.05, 3.63) is 0 Å². The van der Waals surface area contributed by atoms with E-state index in [1.165, 1.54) is 25.7 Å². The van der Waals surface area contributed by atoms with E-state index in [0.29, 0.717) is 5.92 Å². The third kappa shape index (κ3) is 5.26. The molecular formula is C17H31NO3. The number of carboxylic acids is 1. The fourth-order valence-electron chi connectivity index (χ4n) is 3.59. The summed E-state index contributed by atoms with van der Waals surface area (Å²) in [5.74, 6) is 0.670. The maximum absolute atomic E-state index is 11.5. The Morgan fingerprint density at radius 1 is 1.24 bits per heavy atom. The molecule has 0 heterocycles. The summed E-state index contributed by atoms with van der Waals surface area (Å²) in [6.07, 6.45) is 8.00. The minimum absolute atomic E-state index is 0.178. The summed E-state index contributed by atoms with van der Waals surface area (Å²) in [5.41, 5.74) is 0. The van der Waals surface area contributed by atoms with E-state index in [0.717, 1.165) is 44.9 Å². The van der Waals surface area contributed by atoms with Crippen LogP contribution in [0.5, 0.6) is 0 Å². The van der Waals surface area contributed by atoms with E-state index in [1.54, 1.807) is 0 Å². The molecule has 1 N–H and O–H groups in total. The van der Waals surface area contributed by atoms with Crippen LogP contribution in [0.15, 0.2) is 0 Å². The highest BCUT2D eigenvalue weighted by molar-refractivity contribution is 5.71. The second-order valence-corrected chi connectivity index (χ2v) is 6.98. The van der Waals surface area contributed by atoms with Crippen molar-refractivity contribution in [1.82, 2.24) is 4.90 Å². The van der Waals surface area contributed by atoms with Crippen molar-refractivity contribution in [3.63, 3.8) is 0 Å². The molecule has 3 atom stereocenters. The molecule has 2 aliphatic carbocycles. The number of nitrogens with zero attached hydrogens (tertiary/aromatic N) is 1. The van der Waals surface area contributed by atoms with Crippen LogP contribution in [0.4, 0.5) is 0 Å². The summed E-state index contributed by atoms with van der Waals surface area (Å²) in [7, 11) is 2.06. The quantitative estimate of drug-likeness (QED) is 0.665. The van der Waals surface area contributed by atoms with Crippen molar-refractivity contribution < 1.29 is 14.6 Å². The van der Waals surface area contributed by atoms with Crippen molar-refractivity contribution >= 4 is 5.97 Å². The number of aliphatic carboxylic acids is 1. The van der Waals surface area contributed by atoms with Crippen LogP contribution in [0, 0.1) is 17.8 Å². The lowest BCUT2D eigenvalue weighted by Gasteiger charge is -2.39. The topological polar surface area (TPSA) is 49.8 Å². The van der Waals surface area contributed by atoms with Crippen molar-refractivity contribution in [1.29, 1.82) is 0 Å². The summed E-state index contributed by atoms with van der Waals surface area (Å²) in [6.45, 7) is 4.68. The normalized spacial score (nSPS) is 29.8. The maximum atomic E-state index is 11.5. The molecule has 122 valence electrons. The van der Waals surface area contributed by atoms with Crippen LogP contribution in [0.3, 0.4) is 0 Å². The van der Waals surface area contributed by atoms with Gasteiger partial charge in [-0.15, -0.1) is 0 Å². The first-order valence-corrected chi connectivity index (χ1v) is 8.62. The van der Waals surface area contributed by atoms with Gasteiger partial charge >= 0.3 is 5.97 Å². The molecule has 0 amide bonds. The maximum Gasteiger partial charge on any atom is 0.308 e. The predicted octanol–water partition coefficient (Wildman–Crippen LogP) is 3.01. The van der Waals surface area contributed by atoms with E-state index >= 15 is 0 Å². The molecule has 0 aromatic carbocycles. The van der Waals surface area contributed by atoms with E-state index in [9.17, 15) is 9.90 Å². The van der Waals surface area contributed by atoms with Gasteiger partial charge in [0.2, 0.25) is 0 Å². The molecule has 2 fully saturated rings. The molecule has 0 aromatic heterocycles. The largest absolute Gasteiger partial charge is 0.481 e. The highest BCUT2D eigenvalue weighted by Crippen LogP contribution is 2.34. The lowest BCUT2D eigenvalue weighted by atomic mass is 9.76. The van der Waals surface area contributed by atoms with Crippen LogP contribution >= 0.6 is 0 Å². The number of rotatable bonds is 9. The molecule has 0 radical (unpaired) electrons. The van der Waals surface area contributed by atoms with Gasteiger partial charge in [0, 0.05) is 19.2 Å². The second-order valence-electron chi connectivity index (χ2n) is 6.98. The molecule has 21 heavy (non-hydrogen) atoms. The standard InChI is InChI=1S/C17H31NO3/c1-3-4-13-7-8-15(17(19)20)16(11-13)18(2)9-10-21-12-14-5-6-14/h13-16H,3-12H2,1-2H3,(H,19,20). The molecule has 0 bridgehead atoms. The molecule has 0 spiro atoms.